The second-order valence-electron chi connectivity index (χ2n) is 6.32. The number of alkyl halides is 2. The van der Waals surface area contributed by atoms with E-state index in [2.05, 4.69) is 5.32 Å². The van der Waals surface area contributed by atoms with Crippen LogP contribution in [-0.4, -0.2) is 45.9 Å². The molecule has 0 spiro atoms. The van der Waals surface area contributed by atoms with Crippen molar-refractivity contribution in [3.63, 3.8) is 0 Å². The van der Waals surface area contributed by atoms with Gasteiger partial charge >= 0.3 is 18.0 Å². The van der Waals surface area contributed by atoms with Gasteiger partial charge in [0.05, 0.1) is 6.04 Å². The molecular formula is C16H21F2NO5. The van der Waals surface area contributed by atoms with Crippen LogP contribution in [0.25, 0.3) is 0 Å². The average molecular weight is 345 g/mol. The number of alkyl carbamates (subject to hydrolysis) is 1. The van der Waals surface area contributed by atoms with Crippen LogP contribution in [-0.2, 0) is 16.0 Å². The predicted octanol–water partition coefficient (Wildman–Crippen LogP) is 2.20. The van der Waals surface area contributed by atoms with Gasteiger partial charge in [0.1, 0.15) is 11.7 Å². The van der Waals surface area contributed by atoms with Gasteiger partial charge in [0, 0.05) is 0 Å². The Morgan fingerprint density at radius 2 is 1.75 bits per heavy atom. The number of amides is 1. The number of benzene rings is 1. The van der Waals surface area contributed by atoms with Crippen molar-refractivity contribution in [2.45, 2.75) is 50.9 Å². The van der Waals surface area contributed by atoms with E-state index in [4.69, 9.17) is 9.84 Å². The molecule has 24 heavy (non-hydrogen) atoms. The van der Waals surface area contributed by atoms with Crippen molar-refractivity contribution in [3.05, 3.63) is 35.9 Å². The minimum absolute atomic E-state index is 0.190. The van der Waals surface area contributed by atoms with E-state index in [-0.39, 0.29) is 6.42 Å². The molecule has 1 unspecified atom stereocenters. The highest BCUT2D eigenvalue weighted by molar-refractivity contribution is 5.76. The first-order valence-electron chi connectivity index (χ1n) is 7.26. The van der Waals surface area contributed by atoms with E-state index in [1.165, 1.54) is 0 Å². The van der Waals surface area contributed by atoms with Gasteiger partial charge in [-0.1, -0.05) is 30.3 Å². The van der Waals surface area contributed by atoms with Crippen LogP contribution in [0.1, 0.15) is 26.3 Å². The van der Waals surface area contributed by atoms with Gasteiger partial charge < -0.3 is 20.3 Å². The van der Waals surface area contributed by atoms with Gasteiger partial charge in [0.25, 0.3) is 0 Å². The molecular weight excluding hydrogens is 324 g/mol. The Balaban J connectivity index is 2.99. The molecule has 6 nitrogen and oxygen atoms in total. The number of carbonyl (C=O) groups excluding carboxylic acids is 1. The molecule has 0 fully saturated rings. The third-order valence-electron chi connectivity index (χ3n) is 3.04. The number of carbonyl (C=O) groups is 2. The summed E-state index contributed by atoms with van der Waals surface area (Å²) in [7, 11) is 0. The summed E-state index contributed by atoms with van der Waals surface area (Å²) in [6.45, 7) is 4.75. The number of carboxylic acids is 1. The van der Waals surface area contributed by atoms with Gasteiger partial charge in [-0.25, -0.2) is 9.59 Å². The van der Waals surface area contributed by atoms with Crippen LogP contribution < -0.4 is 5.32 Å². The maximum atomic E-state index is 13.6. The molecule has 134 valence electrons. The quantitative estimate of drug-likeness (QED) is 0.735. The van der Waals surface area contributed by atoms with Gasteiger partial charge in [0.15, 0.2) is 0 Å². The second-order valence-corrected chi connectivity index (χ2v) is 6.32. The third kappa shape index (κ3) is 5.77. The molecule has 0 saturated heterocycles. The Morgan fingerprint density at radius 3 is 2.21 bits per heavy atom. The number of hydrogen-bond donors (Lipinski definition) is 3. The van der Waals surface area contributed by atoms with Crippen LogP contribution in [0.4, 0.5) is 13.6 Å². The first-order valence-corrected chi connectivity index (χ1v) is 7.26. The Kier molecular flexibility index (Phi) is 6.25. The van der Waals surface area contributed by atoms with E-state index >= 15 is 0 Å². The second kappa shape index (κ2) is 7.57. The van der Waals surface area contributed by atoms with Crippen LogP contribution in [0.5, 0.6) is 0 Å². The molecule has 1 aromatic carbocycles. The number of hydrogen-bond acceptors (Lipinski definition) is 4. The van der Waals surface area contributed by atoms with Crippen LogP contribution in [0.15, 0.2) is 30.3 Å². The van der Waals surface area contributed by atoms with E-state index in [9.17, 15) is 23.5 Å². The highest BCUT2D eigenvalue weighted by Crippen LogP contribution is 2.23. The lowest BCUT2D eigenvalue weighted by Gasteiger charge is -2.29. The van der Waals surface area contributed by atoms with Crippen molar-refractivity contribution in [3.8, 4) is 0 Å². The zero-order valence-corrected chi connectivity index (χ0v) is 13.6. The highest BCUT2D eigenvalue weighted by atomic mass is 19.3. The van der Waals surface area contributed by atoms with Crippen molar-refractivity contribution < 1.29 is 33.3 Å². The summed E-state index contributed by atoms with van der Waals surface area (Å²) in [4.78, 5) is 22.5. The van der Waals surface area contributed by atoms with Crippen LogP contribution in [0.3, 0.4) is 0 Å². The van der Waals surface area contributed by atoms with E-state index < -0.39 is 35.7 Å². The summed E-state index contributed by atoms with van der Waals surface area (Å²) < 4.78 is 32.3. The number of carboxylic acid groups (broad SMARTS) is 1. The minimum Gasteiger partial charge on any atom is -0.477 e. The van der Waals surface area contributed by atoms with Gasteiger partial charge in [-0.3, -0.25) is 0 Å². The van der Waals surface area contributed by atoms with Crippen molar-refractivity contribution in [1.82, 2.24) is 5.32 Å². The molecule has 2 atom stereocenters. The van der Waals surface area contributed by atoms with E-state index in [1.54, 1.807) is 51.1 Å². The van der Waals surface area contributed by atoms with Crippen molar-refractivity contribution in [2.75, 3.05) is 0 Å². The molecule has 1 aromatic rings. The molecule has 0 aliphatic heterocycles. The first kappa shape index (κ1) is 19.8. The Labute approximate surface area is 138 Å². The van der Waals surface area contributed by atoms with Crippen molar-refractivity contribution >= 4 is 12.1 Å². The Bertz CT molecular complexity index is 572. The molecule has 0 aliphatic rings. The zero-order chi connectivity index (χ0) is 18.5. The first-order chi connectivity index (χ1) is 10.9. The fraction of sp³-hybridized carbons (Fsp3) is 0.500. The molecule has 0 bridgehead atoms. The summed E-state index contributed by atoms with van der Waals surface area (Å²) in [6.07, 6.45) is -3.84. The average Bonchev–Trinajstić information content (AvgIpc) is 2.44. The summed E-state index contributed by atoms with van der Waals surface area (Å²) in [6, 6.07) is 6.68. The molecule has 0 radical (unpaired) electrons. The maximum absolute atomic E-state index is 13.6. The molecule has 1 amide bonds. The standard InChI is InChI=1S/C16H21F2NO5/c1-15(2,3)24-14(23)19-11(9-10-7-5-4-6-8-10)12(20)16(17,18)13(21)22/h4-8,11-12,20H,9H2,1-3H3,(H,19,23)(H,21,22)/t11-,12?/m0/s1. The fourth-order valence-electron chi connectivity index (χ4n) is 1.95. The molecule has 8 heteroatoms. The number of nitrogens with one attached hydrogen (secondary N) is 1. The van der Waals surface area contributed by atoms with E-state index in [1.807, 2.05) is 0 Å². The fourth-order valence-corrected chi connectivity index (χ4v) is 1.95. The summed E-state index contributed by atoms with van der Waals surface area (Å²) in [5, 5.41) is 20.5. The van der Waals surface area contributed by atoms with Gasteiger partial charge in [0.2, 0.25) is 0 Å². The molecule has 0 aromatic heterocycles. The normalized spacial score (nSPS) is 14.6. The van der Waals surface area contributed by atoms with E-state index in [0.29, 0.717) is 5.56 Å². The smallest absolute Gasteiger partial charge is 0.407 e. The third-order valence-corrected chi connectivity index (χ3v) is 3.04. The highest BCUT2D eigenvalue weighted by Gasteiger charge is 2.51. The predicted molar refractivity (Wildman–Crippen MR) is 81.9 cm³/mol. The Morgan fingerprint density at radius 1 is 1.21 bits per heavy atom. The Hall–Kier alpha value is -2.22. The molecule has 0 aliphatic carbocycles. The lowest BCUT2D eigenvalue weighted by atomic mass is 9.97. The van der Waals surface area contributed by atoms with Gasteiger partial charge in [-0.05, 0) is 32.8 Å². The number of aliphatic carboxylic acids is 1. The lowest BCUT2D eigenvalue weighted by Crippen LogP contribution is -2.56. The topological polar surface area (TPSA) is 95.9 Å². The van der Waals surface area contributed by atoms with Crippen LogP contribution in [0.2, 0.25) is 0 Å². The SMILES string of the molecule is CC(C)(C)OC(=O)N[C@@H](Cc1ccccc1)C(O)C(F)(F)C(=O)O. The summed E-state index contributed by atoms with van der Waals surface area (Å²) >= 11 is 0. The number of ether oxygens (including phenoxy) is 1. The zero-order valence-electron chi connectivity index (χ0n) is 13.6. The maximum Gasteiger partial charge on any atom is 0.407 e. The largest absolute Gasteiger partial charge is 0.477 e. The molecule has 1 rings (SSSR count). The lowest BCUT2D eigenvalue weighted by molar-refractivity contribution is -0.185. The van der Waals surface area contributed by atoms with Crippen LogP contribution in [0, 0.1) is 0 Å². The molecule has 3 N–H and O–H groups in total. The van der Waals surface area contributed by atoms with Crippen molar-refractivity contribution in [2.24, 2.45) is 0 Å². The molecule has 0 saturated carbocycles. The summed E-state index contributed by atoms with van der Waals surface area (Å²) in [5.41, 5.74) is -0.333. The van der Waals surface area contributed by atoms with E-state index in [0.717, 1.165) is 0 Å². The number of aliphatic hydroxyl groups excluding tert-OH is 1. The number of aliphatic hydroxyl groups is 1. The number of halogens is 2. The minimum atomic E-state index is -4.42. The van der Waals surface area contributed by atoms with Crippen LogP contribution >= 0.6 is 0 Å². The number of rotatable bonds is 6. The van der Waals surface area contributed by atoms with Crippen molar-refractivity contribution in [1.29, 1.82) is 0 Å². The van der Waals surface area contributed by atoms with Gasteiger partial charge in [-0.2, -0.15) is 8.78 Å². The molecule has 0 heterocycles. The monoisotopic (exact) mass is 345 g/mol. The van der Waals surface area contributed by atoms with Gasteiger partial charge in [-0.15, -0.1) is 0 Å². The summed E-state index contributed by atoms with van der Waals surface area (Å²) in [5.74, 6) is -6.90.